The lowest BCUT2D eigenvalue weighted by molar-refractivity contribution is 0.407. The molecule has 2 rings (SSSR count). The van der Waals surface area contributed by atoms with E-state index in [0.29, 0.717) is 10.9 Å². The van der Waals surface area contributed by atoms with E-state index in [9.17, 15) is 4.39 Å². The molecule has 0 aromatic heterocycles. The van der Waals surface area contributed by atoms with Crippen LogP contribution in [-0.2, 0) is 6.42 Å². The Morgan fingerprint density at radius 1 is 1.47 bits per heavy atom. The molecule has 0 spiro atoms. The summed E-state index contributed by atoms with van der Waals surface area (Å²) in [6.45, 7) is 7.26. The van der Waals surface area contributed by atoms with E-state index < -0.39 is 0 Å². The second kappa shape index (κ2) is 6.23. The Morgan fingerprint density at radius 2 is 2.21 bits per heavy atom. The summed E-state index contributed by atoms with van der Waals surface area (Å²) in [5.41, 5.74) is 3.03. The molecule has 3 heteroatoms. The van der Waals surface area contributed by atoms with Gasteiger partial charge in [0.1, 0.15) is 5.82 Å². The maximum absolute atomic E-state index is 14.0. The van der Waals surface area contributed by atoms with Gasteiger partial charge >= 0.3 is 0 Å². The number of benzene rings is 1. The highest BCUT2D eigenvalue weighted by molar-refractivity contribution is 6.31. The number of rotatable bonds is 3. The zero-order chi connectivity index (χ0) is 14.0. The maximum Gasteiger partial charge on any atom is 0.127 e. The van der Waals surface area contributed by atoms with E-state index in [1.807, 2.05) is 6.92 Å². The Morgan fingerprint density at radius 3 is 2.89 bits per heavy atom. The lowest BCUT2D eigenvalue weighted by atomic mass is 9.92. The first-order chi connectivity index (χ1) is 9.04. The summed E-state index contributed by atoms with van der Waals surface area (Å²) in [5.74, 6) is 0.460. The molecule has 19 heavy (non-hydrogen) atoms. The summed E-state index contributed by atoms with van der Waals surface area (Å²) in [6, 6.07) is 1.71. The zero-order valence-electron chi connectivity index (χ0n) is 12.0. The second-order valence-corrected chi connectivity index (χ2v) is 6.15. The van der Waals surface area contributed by atoms with Crippen molar-refractivity contribution >= 4 is 11.6 Å². The standard InChI is InChI=1S/C16H23ClFN/c1-4-7-19-15-8-10(2)5-6-12-13(17)9-14(18)11(3)16(12)15/h9-10,15,19H,4-8H2,1-3H3. The van der Waals surface area contributed by atoms with Crippen LogP contribution in [0.1, 0.15) is 55.8 Å². The minimum absolute atomic E-state index is 0.179. The molecule has 0 saturated heterocycles. The van der Waals surface area contributed by atoms with Gasteiger partial charge in [0.2, 0.25) is 0 Å². The number of fused-ring (bicyclic) bond motifs is 1. The first kappa shape index (κ1) is 14.8. The Kier molecular flexibility index (Phi) is 4.86. The number of nitrogens with one attached hydrogen (secondary N) is 1. The van der Waals surface area contributed by atoms with Crippen molar-refractivity contribution in [1.82, 2.24) is 5.32 Å². The van der Waals surface area contributed by atoms with Gasteiger partial charge in [0, 0.05) is 11.1 Å². The molecule has 2 unspecified atom stereocenters. The molecule has 1 aromatic rings. The molecule has 1 N–H and O–H groups in total. The van der Waals surface area contributed by atoms with Crippen molar-refractivity contribution in [2.45, 2.75) is 52.5 Å². The number of hydrogen-bond donors (Lipinski definition) is 1. The van der Waals surface area contributed by atoms with Gasteiger partial charge in [-0.15, -0.1) is 0 Å². The summed E-state index contributed by atoms with van der Waals surface area (Å²) in [5, 5.41) is 4.16. The predicted molar refractivity (Wildman–Crippen MR) is 79.3 cm³/mol. The molecule has 106 valence electrons. The molecule has 0 fully saturated rings. The summed E-state index contributed by atoms with van der Waals surface area (Å²) in [4.78, 5) is 0. The van der Waals surface area contributed by atoms with Crippen molar-refractivity contribution < 1.29 is 4.39 Å². The average molecular weight is 284 g/mol. The summed E-state index contributed by atoms with van der Waals surface area (Å²) < 4.78 is 14.0. The molecular weight excluding hydrogens is 261 g/mol. The van der Waals surface area contributed by atoms with E-state index >= 15 is 0 Å². The van der Waals surface area contributed by atoms with Crippen LogP contribution in [-0.4, -0.2) is 6.54 Å². The van der Waals surface area contributed by atoms with E-state index in [-0.39, 0.29) is 11.9 Å². The van der Waals surface area contributed by atoms with E-state index in [4.69, 9.17) is 11.6 Å². The molecule has 1 aliphatic rings. The van der Waals surface area contributed by atoms with Crippen molar-refractivity contribution in [2.24, 2.45) is 5.92 Å². The molecule has 1 nitrogen and oxygen atoms in total. The fourth-order valence-corrected chi connectivity index (χ4v) is 3.34. The topological polar surface area (TPSA) is 12.0 Å². The van der Waals surface area contributed by atoms with E-state index in [1.54, 1.807) is 0 Å². The van der Waals surface area contributed by atoms with Gasteiger partial charge in [-0.25, -0.2) is 4.39 Å². The fraction of sp³-hybridized carbons (Fsp3) is 0.625. The number of hydrogen-bond acceptors (Lipinski definition) is 1. The Balaban J connectivity index is 2.47. The second-order valence-electron chi connectivity index (χ2n) is 5.74. The molecule has 2 atom stereocenters. The zero-order valence-corrected chi connectivity index (χ0v) is 12.8. The molecule has 1 aliphatic carbocycles. The molecule has 0 amide bonds. The average Bonchev–Trinajstić information content (AvgIpc) is 2.53. The van der Waals surface area contributed by atoms with Gasteiger partial charge in [0.15, 0.2) is 0 Å². The van der Waals surface area contributed by atoms with E-state index in [1.165, 1.54) is 6.07 Å². The highest BCUT2D eigenvalue weighted by Gasteiger charge is 2.26. The Bertz CT molecular complexity index is 459. The predicted octanol–water partition coefficient (Wildman–Crippen LogP) is 4.80. The fourth-order valence-electron chi connectivity index (χ4n) is 3.05. The highest BCUT2D eigenvalue weighted by Crippen LogP contribution is 2.38. The summed E-state index contributed by atoms with van der Waals surface area (Å²) in [7, 11) is 0. The quantitative estimate of drug-likeness (QED) is 0.786. The smallest absolute Gasteiger partial charge is 0.127 e. The van der Waals surface area contributed by atoms with E-state index in [0.717, 1.165) is 48.9 Å². The van der Waals surface area contributed by atoms with Crippen molar-refractivity contribution in [3.05, 3.63) is 33.6 Å². The van der Waals surface area contributed by atoms with Gasteiger partial charge in [-0.3, -0.25) is 0 Å². The molecule has 0 heterocycles. The monoisotopic (exact) mass is 283 g/mol. The van der Waals surface area contributed by atoms with Crippen molar-refractivity contribution in [1.29, 1.82) is 0 Å². The summed E-state index contributed by atoms with van der Waals surface area (Å²) in [6.07, 6.45) is 4.23. The molecule has 0 bridgehead atoms. The molecule has 1 aromatic carbocycles. The Hall–Kier alpha value is -0.600. The van der Waals surface area contributed by atoms with Gasteiger partial charge in [0.25, 0.3) is 0 Å². The molecule has 0 aliphatic heterocycles. The Labute approximate surface area is 120 Å². The van der Waals surface area contributed by atoms with Gasteiger partial charge in [0.05, 0.1) is 0 Å². The maximum atomic E-state index is 14.0. The minimum atomic E-state index is -0.179. The SMILES string of the molecule is CCCNC1CC(C)CCc2c(Cl)cc(F)c(C)c21. The minimum Gasteiger partial charge on any atom is -0.310 e. The van der Waals surface area contributed by atoms with Crippen LogP contribution in [0.3, 0.4) is 0 Å². The lowest BCUT2D eigenvalue weighted by Gasteiger charge is -2.23. The normalized spacial score (nSPS) is 23.0. The first-order valence-electron chi connectivity index (χ1n) is 7.25. The third kappa shape index (κ3) is 3.11. The van der Waals surface area contributed by atoms with Crippen LogP contribution in [0.4, 0.5) is 4.39 Å². The van der Waals surface area contributed by atoms with Crippen LogP contribution in [0.25, 0.3) is 0 Å². The third-order valence-corrected chi connectivity index (χ3v) is 4.48. The van der Waals surface area contributed by atoms with E-state index in [2.05, 4.69) is 19.2 Å². The van der Waals surface area contributed by atoms with Crippen LogP contribution < -0.4 is 5.32 Å². The van der Waals surface area contributed by atoms with Gasteiger partial charge < -0.3 is 5.32 Å². The molecule has 0 saturated carbocycles. The number of halogens is 2. The summed E-state index contributed by atoms with van der Waals surface area (Å²) >= 11 is 6.27. The van der Waals surface area contributed by atoms with Crippen LogP contribution in [0.5, 0.6) is 0 Å². The largest absolute Gasteiger partial charge is 0.310 e. The van der Waals surface area contributed by atoms with Crippen molar-refractivity contribution in [3.63, 3.8) is 0 Å². The van der Waals surface area contributed by atoms with Gasteiger partial charge in [-0.05, 0) is 67.8 Å². The van der Waals surface area contributed by atoms with Crippen molar-refractivity contribution in [2.75, 3.05) is 6.54 Å². The van der Waals surface area contributed by atoms with Crippen LogP contribution in [0.15, 0.2) is 6.07 Å². The first-order valence-corrected chi connectivity index (χ1v) is 7.63. The molecule has 0 radical (unpaired) electrons. The van der Waals surface area contributed by atoms with Crippen LogP contribution in [0.2, 0.25) is 5.02 Å². The van der Waals surface area contributed by atoms with Crippen LogP contribution >= 0.6 is 11.6 Å². The third-order valence-electron chi connectivity index (χ3n) is 4.14. The van der Waals surface area contributed by atoms with Gasteiger partial charge in [-0.2, -0.15) is 0 Å². The lowest BCUT2D eigenvalue weighted by Crippen LogP contribution is -2.24. The van der Waals surface area contributed by atoms with Crippen LogP contribution in [0, 0.1) is 18.7 Å². The van der Waals surface area contributed by atoms with Gasteiger partial charge in [-0.1, -0.05) is 25.4 Å². The van der Waals surface area contributed by atoms with Crippen molar-refractivity contribution in [3.8, 4) is 0 Å². The molecular formula is C16H23ClFN. The highest BCUT2D eigenvalue weighted by atomic mass is 35.5.